The molecule has 3 rings (SSSR count). The number of hydrogen-bond donors (Lipinski definition) is 1. The van der Waals surface area contributed by atoms with Crippen LogP contribution in [0.1, 0.15) is 57.8 Å². The van der Waals surface area contributed by atoms with Gasteiger partial charge >= 0.3 is 11.6 Å². The Morgan fingerprint density at radius 1 is 0.914 bits per heavy atom. The lowest BCUT2D eigenvalue weighted by Crippen LogP contribution is -2.13. The minimum Gasteiger partial charge on any atom is -0.493 e. The second kappa shape index (κ2) is 13.4. The quantitative estimate of drug-likeness (QED) is 0.195. The van der Waals surface area contributed by atoms with Crippen LogP contribution < -0.4 is 20.0 Å². The number of rotatable bonds is 15. The van der Waals surface area contributed by atoms with Crippen molar-refractivity contribution in [1.82, 2.24) is 0 Å². The molecule has 0 spiro atoms. The zero-order chi connectivity index (χ0) is 25.0. The summed E-state index contributed by atoms with van der Waals surface area (Å²) in [6, 6.07) is 14.7. The number of anilines is 2. The number of nitrogens with zero attached hydrogens (tertiary/aromatic N) is 1. The smallest absolute Gasteiger partial charge is 0.338 e. The third-order valence-corrected chi connectivity index (χ3v) is 6.07. The molecule has 2 aromatic carbocycles. The number of benzene rings is 2. The Morgan fingerprint density at radius 3 is 2.31 bits per heavy atom. The van der Waals surface area contributed by atoms with E-state index in [4.69, 9.17) is 19.0 Å². The van der Waals surface area contributed by atoms with E-state index in [9.17, 15) is 9.59 Å². The Labute approximate surface area is 206 Å². The number of ether oxygens (including phenoxy) is 2. The summed E-state index contributed by atoms with van der Waals surface area (Å²) in [5, 5.41) is 9.51. The van der Waals surface area contributed by atoms with Crippen LogP contribution >= 0.6 is 0 Å². The normalized spacial score (nSPS) is 10.9. The van der Waals surface area contributed by atoms with E-state index in [1.807, 2.05) is 48.3 Å². The second-order valence-corrected chi connectivity index (χ2v) is 8.66. The maximum atomic E-state index is 12.1. The molecule has 3 aromatic rings. The molecule has 0 unspecified atom stereocenters. The van der Waals surface area contributed by atoms with Gasteiger partial charge in [0.1, 0.15) is 5.58 Å². The van der Waals surface area contributed by atoms with Crippen molar-refractivity contribution in [2.75, 3.05) is 25.7 Å². The van der Waals surface area contributed by atoms with Crippen LogP contribution in [-0.4, -0.2) is 31.8 Å². The number of carboxylic acid groups (broad SMARTS) is 1. The van der Waals surface area contributed by atoms with Crippen LogP contribution in [-0.2, 0) is 4.79 Å². The Kier molecular flexibility index (Phi) is 10.0. The summed E-state index contributed by atoms with van der Waals surface area (Å²) in [5.41, 5.74) is 1.79. The molecule has 0 bridgehead atoms. The van der Waals surface area contributed by atoms with Gasteiger partial charge in [-0.3, -0.25) is 4.79 Å². The fourth-order valence-electron chi connectivity index (χ4n) is 4.12. The molecule has 0 amide bonds. The molecular formula is C28H35NO6. The SMILES string of the molecule is COc1ccc(N(C)c2cc(=O)oc3ccccc23)cc1OCCCCCCCCCCC(=O)O. The summed E-state index contributed by atoms with van der Waals surface area (Å²) in [6.45, 7) is 0.597. The molecule has 7 nitrogen and oxygen atoms in total. The van der Waals surface area contributed by atoms with Crippen molar-refractivity contribution < 1.29 is 23.8 Å². The van der Waals surface area contributed by atoms with Crippen LogP contribution in [0.25, 0.3) is 11.0 Å². The molecule has 0 saturated carbocycles. The highest BCUT2D eigenvalue weighted by atomic mass is 16.5. The molecule has 35 heavy (non-hydrogen) atoms. The summed E-state index contributed by atoms with van der Waals surface area (Å²) >= 11 is 0. The van der Waals surface area contributed by atoms with Crippen LogP contribution in [0.5, 0.6) is 11.5 Å². The van der Waals surface area contributed by atoms with Crippen molar-refractivity contribution in [2.24, 2.45) is 0 Å². The summed E-state index contributed by atoms with van der Waals surface area (Å²) in [4.78, 5) is 24.6. The maximum absolute atomic E-state index is 12.1. The summed E-state index contributed by atoms with van der Waals surface area (Å²) in [7, 11) is 3.53. The first-order valence-electron chi connectivity index (χ1n) is 12.3. The second-order valence-electron chi connectivity index (χ2n) is 8.66. The lowest BCUT2D eigenvalue weighted by atomic mass is 10.1. The zero-order valence-corrected chi connectivity index (χ0v) is 20.6. The van der Waals surface area contributed by atoms with Crippen molar-refractivity contribution in [3.63, 3.8) is 0 Å². The number of carboxylic acids is 1. The molecule has 188 valence electrons. The van der Waals surface area contributed by atoms with Gasteiger partial charge in [0, 0.05) is 36.7 Å². The zero-order valence-electron chi connectivity index (χ0n) is 20.6. The van der Waals surface area contributed by atoms with E-state index in [1.54, 1.807) is 13.2 Å². The lowest BCUT2D eigenvalue weighted by Gasteiger charge is -2.22. The molecule has 0 aliphatic rings. The fraction of sp³-hybridized carbons (Fsp3) is 0.429. The van der Waals surface area contributed by atoms with Gasteiger partial charge in [-0.15, -0.1) is 0 Å². The van der Waals surface area contributed by atoms with Gasteiger partial charge < -0.3 is 23.9 Å². The predicted molar refractivity (Wildman–Crippen MR) is 138 cm³/mol. The Hall–Kier alpha value is -3.48. The minimum absolute atomic E-state index is 0.273. The fourth-order valence-corrected chi connectivity index (χ4v) is 4.12. The van der Waals surface area contributed by atoms with E-state index < -0.39 is 11.6 Å². The number of aliphatic carboxylic acids is 1. The van der Waals surface area contributed by atoms with Gasteiger partial charge in [0.2, 0.25) is 0 Å². The third kappa shape index (κ3) is 7.77. The number of carbonyl (C=O) groups is 1. The highest BCUT2D eigenvalue weighted by molar-refractivity contribution is 5.92. The first kappa shape index (κ1) is 26.1. The van der Waals surface area contributed by atoms with Crippen LogP contribution in [0.4, 0.5) is 11.4 Å². The summed E-state index contributed by atoms with van der Waals surface area (Å²) in [5.74, 6) is 0.628. The molecule has 0 aliphatic heterocycles. The Bertz CT molecular complexity index is 1160. The van der Waals surface area contributed by atoms with Crippen LogP contribution in [0.15, 0.2) is 57.7 Å². The molecule has 1 aromatic heterocycles. The predicted octanol–water partition coefficient (Wildman–Crippen LogP) is 6.54. The third-order valence-electron chi connectivity index (χ3n) is 6.07. The van der Waals surface area contributed by atoms with Gasteiger partial charge in [0.25, 0.3) is 0 Å². The van der Waals surface area contributed by atoms with E-state index in [-0.39, 0.29) is 6.42 Å². The first-order valence-corrected chi connectivity index (χ1v) is 12.3. The molecule has 0 aliphatic carbocycles. The van der Waals surface area contributed by atoms with Crippen LogP contribution in [0.2, 0.25) is 0 Å². The largest absolute Gasteiger partial charge is 0.493 e. The van der Waals surface area contributed by atoms with Crippen molar-refractivity contribution in [2.45, 2.75) is 57.8 Å². The Morgan fingerprint density at radius 2 is 1.60 bits per heavy atom. The molecule has 7 heteroatoms. The number of methoxy groups -OCH3 is 1. The molecule has 1 N–H and O–H groups in total. The van der Waals surface area contributed by atoms with Gasteiger partial charge in [-0.05, 0) is 37.1 Å². The standard InChI is InChI=1S/C28H35NO6/c1-29(23-20-28(32)35-24-14-11-10-13-22(23)24)21-16-17-25(33-2)26(19-21)34-18-12-8-6-4-3-5-7-9-15-27(30)31/h10-11,13-14,16-17,19-20H,3-9,12,15,18H2,1-2H3,(H,30,31). The van der Waals surface area contributed by atoms with Crippen molar-refractivity contribution in [3.05, 3.63) is 59.0 Å². The van der Waals surface area contributed by atoms with Gasteiger partial charge in [0.05, 0.1) is 19.4 Å². The monoisotopic (exact) mass is 481 g/mol. The summed E-state index contributed by atoms with van der Waals surface area (Å²) in [6.07, 6.45) is 8.62. The number of unbranched alkanes of at least 4 members (excludes halogenated alkanes) is 7. The van der Waals surface area contributed by atoms with E-state index >= 15 is 0 Å². The van der Waals surface area contributed by atoms with E-state index in [1.165, 1.54) is 6.07 Å². The molecule has 0 atom stereocenters. The van der Waals surface area contributed by atoms with E-state index in [0.29, 0.717) is 23.7 Å². The van der Waals surface area contributed by atoms with Crippen molar-refractivity contribution in [1.29, 1.82) is 0 Å². The van der Waals surface area contributed by atoms with Gasteiger partial charge in [-0.2, -0.15) is 0 Å². The highest BCUT2D eigenvalue weighted by Crippen LogP contribution is 2.36. The van der Waals surface area contributed by atoms with Crippen LogP contribution in [0, 0.1) is 0 Å². The molecule has 0 saturated heterocycles. The average Bonchev–Trinajstić information content (AvgIpc) is 2.86. The topological polar surface area (TPSA) is 89.2 Å². The molecule has 0 radical (unpaired) electrons. The van der Waals surface area contributed by atoms with Crippen LogP contribution in [0.3, 0.4) is 0 Å². The Balaban J connectivity index is 1.52. The first-order chi connectivity index (χ1) is 17.0. The number of para-hydroxylation sites is 1. The van der Waals surface area contributed by atoms with Crippen molar-refractivity contribution in [3.8, 4) is 11.5 Å². The van der Waals surface area contributed by atoms with Gasteiger partial charge in [0.15, 0.2) is 11.5 Å². The highest BCUT2D eigenvalue weighted by Gasteiger charge is 2.14. The number of hydrogen-bond acceptors (Lipinski definition) is 6. The van der Waals surface area contributed by atoms with Gasteiger partial charge in [-0.25, -0.2) is 4.79 Å². The molecular weight excluding hydrogens is 446 g/mol. The lowest BCUT2D eigenvalue weighted by molar-refractivity contribution is -0.137. The van der Waals surface area contributed by atoms with Gasteiger partial charge in [-0.1, -0.05) is 50.7 Å². The summed E-state index contributed by atoms with van der Waals surface area (Å²) < 4.78 is 16.9. The van der Waals surface area contributed by atoms with E-state index in [0.717, 1.165) is 68.1 Å². The van der Waals surface area contributed by atoms with E-state index in [2.05, 4.69) is 0 Å². The average molecular weight is 482 g/mol. The maximum Gasteiger partial charge on any atom is 0.338 e. The molecule has 1 heterocycles. The number of fused-ring (bicyclic) bond motifs is 1. The van der Waals surface area contributed by atoms with Crippen molar-refractivity contribution >= 4 is 28.3 Å². The minimum atomic E-state index is -0.708. The molecule has 0 fully saturated rings.